The minimum absolute atomic E-state index is 0.0123. The molecule has 1 fully saturated rings. The molecule has 15 heteroatoms. The summed E-state index contributed by atoms with van der Waals surface area (Å²) in [5, 5.41) is 12.0. The summed E-state index contributed by atoms with van der Waals surface area (Å²) < 4.78 is 58.0. The smallest absolute Gasteiger partial charge is 0.351 e. The molecule has 13 nitrogen and oxygen atoms in total. The second-order valence-electron chi connectivity index (χ2n) is 14.8. The molecule has 1 saturated heterocycles. The van der Waals surface area contributed by atoms with Gasteiger partial charge in [0.15, 0.2) is 12.4 Å². The van der Waals surface area contributed by atoms with Crippen LogP contribution in [-0.2, 0) is 24.1 Å². The summed E-state index contributed by atoms with van der Waals surface area (Å²) in [4.78, 5) is 30.6. The van der Waals surface area contributed by atoms with Crippen molar-refractivity contribution in [1.29, 1.82) is 5.26 Å². The Bertz CT molecular complexity index is 2220. The summed E-state index contributed by atoms with van der Waals surface area (Å²) in [6.45, 7) is 7.75. The highest BCUT2D eigenvalue weighted by Crippen LogP contribution is 2.51. The number of aromatic nitrogens is 2. The number of benzene rings is 4. The lowest BCUT2D eigenvalue weighted by Crippen LogP contribution is -2.41. The Morgan fingerprint density at radius 3 is 1.97 bits per heavy atom. The van der Waals surface area contributed by atoms with E-state index in [9.17, 15) is 14.9 Å². The van der Waals surface area contributed by atoms with Crippen molar-refractivity contribution in [3.63, 3.8) is 0 Å². The van der Waals surface area contributed by atoms with Crippen LogP contribution in [0.1, 0.15) is 67.4 Å². The van der Waals surface area contributed by atoms with Crippen LogP contribution in [0.15, 0.2) is 126 Å². The molecule has 4 unspecified atom stereocenters. The molecule has 1 aromatic heterocycles. The molecule has 0 bridgehead atoms. The minimum Gasteiger partial charge on any atom is -0.497 e. The number of hydrogen-bond donors (Lipinski definition) is 1. The molecule has 1 aliphatic rings. The lowest BCUT2D eigenvalue weighted by atomic mass is 9.80. The molecule has 2 heterocycles. The maximum Gasteiger partial charge on any atom is 0.351 e. The van der Waals surface area contributed by atoms with Crippen molar-refractivity contribution in [2.24, 2.45) is 0 Å². The number of nitriles is 1. The van der Waals surface area contributed by atoms with Gasteiger partial charge in [-0.3, -0.25) is 9.36 Å². The van der Waals surface area contributed by atoms with Gasteiger partial charge in [0.2, 0.25) is 0 Å². The van der Waals surface area contributed by atoms with Crippen molar-refractivity contribution in [3.05, 3.63) is 154 Å². The summed E-state index contributed by atoms with van der Waals surface area (Å²) in [6.07, 6.45) is -4.46. The molecular formula is C46H51FN5O8P. The molecule has 1 N–H and O–H groups in total. The van der Waals surface area contributed by atoms with Crippen LogP contribution in [0.4, 0.5) is 10.2 Å². The van der Waals surface area contributed by atoms with E-state index in [0.717, 1.165) is 21.3 Å². The van der Waals surface area contributed by atoms with Gasteiger partial charge in [0.25, 0.3) is 14.4 Å². The van der Waals surface area contributed by atoms with Gasteiger partial charge in [-0.15, -0.1) is 0 Å². The zero-order chi connectivity index (χ0) is 43.5. The van der Waals surface area contributed by atoms with Crippen LogP contribution in [-0.4, -0.2) is 78.0 Å². The Kier molecular flexibility index (Phi) is 15.4. The molecule has 0 radical (unpaired) electrons. The van der Waals surface area contributed by atoms with Crippen molar-refractivity contribution in [2.75, 3.05) is 32.8 Å². The van der Waals surface area contributed by atoms with Crippen molar-refractivity contribution in [2.45, 2.75) is 76.4 Å². The SMILES string of the molecule is COc1ccc(C(OCC2OC(n3ccc(NC(=O)c4ccccc4)nc3=O)C(F)[C@H]2OP(OCCC#N)N(C(C)C)C(C)C)(c2ccccc2)c2ccc(OC)cc2)cc1. The monoisotopic (exact) mass is 851 g/mol. The molecule has 61 heavy (non-hydrogen) atoms. The average Bonchev–Trinajstić information content (AvgIpc) is 3.58. The van der Waals surface area contributed by atoms with E-state index in [0.29, 0.717) is 17.1 Å². The average molecular weight is 852 g/mol. The Balaban J connectivity index is 1.42. The molecule has 1 aliphatic heterocycles. The number of nitrogens with one attached hydrogen (secondary N) is 1. The van der Waals surface area contributed by atoms with E-state index in [1.165, 1.54) is 12.3 Å². The number of alkyl halides is 1. The lowest BCUT2D eigenvalue weighted by Gasteiger charge is -2.39. The molecular weight excluding hydrogens is 801 g/mol. The molecule has 1 amide bonds. The van der Waals surface area contributed by atoms with Crippen LogP contribution in [0.5, 0.6) is 11.5 Å². The molecule has 0 spiro atoms. The largest absolute Gasteiger partial charge is 0.497 e. The highest BCUT2D eigenvalue weighted by atomic mass is 31.2. The van der Waals surface area contributed by atoms with E-state index in [4.69, 9.17) is 28.0 Å². The quantitative estimate of drug-likeness (QED) is 0.0485. The van der Waals surface area contributed by atoms with Crippen LogP contribution in [0.2, 0.25) is 0 Å². The predicted molar refractivity (Wildman–Crippen MR) is 230 cm³/mol. The highest BCUT2D eigenvalue weighted by Gasteiger charge is 2.51. The predicted octanol–water partition coefficient (Wildman–Crippen LogP) is 8.42. The summed E-state index contributed by atoms with van der Waals surface area (Å²) >= 11 is 0. The molecule has 320 valence electrons. The van der Waals surface area contributed by atoms with Crippen molar-refractivity contribution >= 4 is 20.3 Å². The number of hydrogen-bond acceptors (Lipinski definition) is 11. The van der Waals surface area contributed by atoms with E-state index < -0.39 is 50.3 Å². The second-order valence-corrected chi connectivity index (χ2v) is 16.2. The number of nitrogens with zero attached hydrogens (tertiary/aromatic N) is 4. The fourth-order valence-corrected chi connectivity index (χ4v) is 9.08. The maximum atomic E-state index is 17.4. The summed E-state index contributed by atoms with van der Waals surface area (Å²) in [5.41, 5.74) is 0.498. The molecule has 4 aromatic carbocycles. The van der Waals surface area contributed by atoms with E-state index >= 15 is 4.39 Å². The van der Waals surface area contributed by atoms with Crippen molar-refractivity contribution < 1.29 is 37.2 Å². The van der Waals surface area contributed by atoms with E-state index in [1.54, 1.807) is 44.6 Å². The second kappa shape index (κ2) is 20.8. The summed E-state index contributed by atoms with van der Waals surface area (Å²) in [6, 6.07) is 36.5. The fraction of sp³-hybridized carbons (Fsp3) is 0.348. The molecule has 5 atom stereocenters. The van der Waals surface area contributed by atoms with E-state index in [2.05, 4.69) is 16.4 Å². The topological polar surface area (TPSA) is 146 Å². The third kappa shape index (κ3) is 10.3. The summed E-state index contributed by atoms with van der Waals surface area (Å²) in [7, 11) is 1.22. The van der Waals surface area contributed by atoms with Crippen LogP contribution >= 0.6 is 8.53 Å². The molecule has 0 saturated carbocycles. The van der Waals surface area contributed by atoms with E-state index in [1.807, 2.05) is 111 Å². The van der Waals surface area contributed by atoms with Crippen LogP contribution in [0.25, 0.3) is 0 Å². The number of carbonyl (C=O) groups is 1. The van der Waals surface area contributed by atoms with Gasteiger partial charge in [0, 0.05) is 23.8 Å². The molecule has 6 rings (SSSR count). The standard InChI is InChI=1S/C46H51FN5O8P/c1-31(2)52(32(3)4)61(58-29-13-27-48)60-42-39(59-44(41(42)47)51-28-26-40(50-45(51)54)49-43(53)33-14-9-7-10-15-33)30-57-46(34-16-11-8-12-17-34,35-18-22-37(55-5)23-19-35)36-20-24-38(56-6)25-21-36/h7-12,14-26,28,31-32,39,41-42,44H,13,29-30H2,1-6H3,(H,49,50,53,54)/t39?,41?,42-,44?,61?/m0/s1. The number of amides is 1. The van der Waals surface area contributed by atoms with Gasteiger partial charge in [-0.25, -0.2) is 13.9 Å². The normalized spacial score (nSPS) is 18.2. The highest BCUT2D eigenvalue weighted by molar-refractivity contribution is 7.44. The van der Waals surface area contributed by atoms with Gasteiger partial charge >= 0.3 is 5.69 Å². The maximum absolute atomic E-state index is 17.4. The number of carbonyl (C=O) groups excluding carboxylic acids is 1. The number of ether oxygens (including phenoxy) is 4. The first-order valence-electron chi connectivity index (χ1n) is 20.0. The van der Waals surface area contributed by atoms with Crippen LogP contribution in [0.3, 0.4) is 0 Å². The molecule has 5 aromatic rings. The van der Waals surface area contributed by atoms with Crippen LogP contribution < -0.4 is 20.5 Å². The Morgan fingerprint density at radius 2 is 1.44 bits per heavy atom. The zero-order valence-electron chi connectivity index (χ0n) is 35.0. The number of anilines is 1. The Morgan fingerprint density at radius 1 is 0.885 bits per heavy atom. The lowest BCUT2D eigenvalue weighted by molar-refractivity contribution is -0.0934. The van der Waals surface area contributed by atoms with Gasteiger partial charge in [-0.2, -0.15) is 10.2 Å². The van der Waals surface area contributed by atoms with Gasteiger partial charge in [-0.05, 0) is 86.8 Å². The first kappa shape index (κ1) is 45.0. The third-order valence-electron chi connectivity index (χ3n) is 10.2. The number of rotatable bonds is 19. The Hall–Kier alpha value is -5.52. The van der Waals surface area contributed by atoms with E-state index in [-0.39, 0.29) is 37.5 Å². The molecule has 0 aliphatic carbocycles. The van der Waals surface area contributed by atoms with Gasteiger partial charge in [0.05, 0.1) is 39.9 Å². The summed E-state index contributed by atoms with van der Waals surface area (Å²) in [5.74, 6) is 0.814. The van der Waals surface area contributed by atoms with Gasteiger partial charge in [-0.1, -0.05) is 72.8 Å². The first-order chi connectivity index (χ1) is 29.5. The van der Waals surface area contributed by atoms with Crippen molar-refractivity contribution in [3.8, 4) is 17.6 Å². The first-order valence-corrected chi connectivity index (χ1v) is 21.1. The van der Waals surface area contributed by atoms with Crippen LogP contribution in [0, 0.1) is 11.3 Å². The van der Waals surface area contributed by atoms with Crippen molar-refractivity contribution in [1.82, 2.24) is 14.2 Å². The fourth-order valence-electron chi connectivity index (χ4n) is 7.31. The number of methoxy groups -OCH3 is 2. The third-order valence-corrected chi connectivity index (χ3v) is 12.3. The Labute approximate surface area is 356 Å². The van der Waals surface area contributed by atoms with Gasteiger partial charge in [0.1, 0.15) is 35.1 Å². The van der Waals surface area contributed by atoms with Gasteiger partial charge < -0.3 is 33.3 Å². The number of halogens is 1. The zero-order valence-corrected chi connectivity index (χ0v) is 35.9. The minimum atomic E-state index is -1.97.